The Morgan fingerprint density at radius 1 is 1.33 bits per heavy atom. The van der Waals surface area contributed by atoms with Crippen LogP contribution >= 0.6 is 0 Å². The van der Waals surface area contributed by atoms with E-state index >= 15 is 0 Å². The molecule has 1 N–H and O–H groups in total. The molecular weight excluding hydrogens is 266 g/mol. The molecule has 1 aromatic heterocycles. The number of nitrogens with zero attached hydrogens (tertiary/aromatic N) is 4. The number of likely N-dealkylation sites (N-methyl/N-ethyl adjacent to an activating group) is 1. The Morgan fingerprint density at radius 3 is 2.62 bits per heavy atom. The minimum Gasteiger partial charge on any atom is -0.369 e. The van der Waals surface area contributed by atoms with Crippen LogP contribution in [0.5, 0.6) is 0 Å². The van der Waals surface area contributed by atoms with Crippen LogP contribution in [0.25, 0.3) is 0 Å². The standard InChI is InChI=1S/C15H25N5O/c1-5-6-17-14-8-16-7-13(18-14)15(21)20-9-11(2)19(4)12(3)10-20/h7-8,11-12H,5-6,9-10H2,1-4H3,(H,17,18). The van der Waals surface area contributed by atoms with E-state index in [0.717, 1.165) is 26.1 Å². The maximum absolute atomic E-state index is 12.6. The minimum absolute atomic E-state index is 0.0329. The van der Waals surface area contributed by atoms with Gasteiger partial charge in [-0.3, -0.25) is 14.7 Å². The highest BCUT2D eigenvalue weighted by atomic mass is 16.2. The normalized spacial score (nSPS) is 23.1. The zero-order chi connectivity index (χ0) is 15.4. The fraction of sp³-hybridized carbons (Fsp3) is 0.667. The lowest BCUT2D eigenvalue weighted by molar-refractivity contribution is 0.0409. The van der Waals surface area contributed by atoms with Crippen molar-refractivity contribution < 1.29 is 4.79 Å². The molecule has 0 bridgehead atoms. The molecule has 1 aromatic rings. The van der Waals surface area contributed by atoms with Gasteiger partial charge in [-0.15, -0.1) is 0 Å². The molecule has 116 valence electrons. The van der Waals surface area contributed by atoms with Crippen molar-refractivity contribution in [2.45, 2.75) is 39.3 Å². The molecule has 1 aliphatic rings. The number of carbonyl (C=O) groups is 1. The average Bonchev–Trinajstić information content (AvgIpc) is 2.49. The van der Waals surface area contributed by atoms with Crippen LogP contribution in [0, 0.1) is 0 Å². The van der Waals surface area contributed by atoms with Gasteiger partial charge in [0, 0.05) is 31.7 Å². The molecule has 1 aliphatic heterocycles. The van der Waals surface area contributed by atoms with E-state index in [0.29, 0.717) is 23.6 Å². The van der Waals surface area contributed by atoms with Crippen molar-refractivity contribution in [1.29, 1.82) is 0 Å². The van der Waals surface area contributed by atoms with Crippen LogP contribution in [-0.4, -0.2) is 64.4 Å². The van der Waals surface area contributed by atoms with Gasteiger partial charge in [-0.25, -0.2) is 4.98 Å². The van der Waals surface area contributed by atoms with Crippen LogP contribution in [0.1, 0.15) is 37.7 Å². The van der Waals surface area contributed by atoms with Gasteiger partial charge in [0.15, 0.2) is 0 Å². The van der Waals surface area contributed by atoms with Gasteiger partial charge in [-0.05, 0) is 27.3 Å². The highest BCUT2D eigenvalue weighted by molar-refractivity contribution is 5.92. The first-order chi connectivity index (χ1) is 10.0. The first-order valence-corrected chi connectivity index (χ1v) is 7.60. The predicted octanol–water partition coefficient (Wildman–Crippen LogP) is 1.46. The lowest BCUT2D eigenvalue weighted by atomic mass is 10.1. The minimum atomic E-state index is -0.0329. The highest BCUT2D eigenvalue weighted by Gasteiger charge is 2.30. The number of hydrogen-bond acceptors (Lipinski definition) is 5. The third-order valence-electron chi connectivity index (χ3n) is 4.06. The molecule has 21 heavy (non-hydrogen) atoms. The van der Waals surface area contributed by atoms with Gasteiger partial charge in [0.25, 0.3) is 5.91 Å². The largest absolute Gasteiger partial charge is 0.369 e. The molecule has 6 heteroatoms. The second-order valence-corrected chi connectivity index (χ2v) is 5.79. The number of hydrogen-bond donors (Lipinski definition) is 1. The summed E-state index contributed by atoms with van der Waals surface area (Å²) < 4.78 is 0. The van der Waals surface area contributed by atoms with Gasteiger partial charge < -0.3 is 10.2 Å². The van der Waals surface area contributed by atoms with Crippen molar-refractivity contribution >= 4 is 11.7 Å². The first-order valence-electron chi connectivity index (χ1n) is 7.60. The van der Waals surface area contributed by atoms with E-state index < -0.39 is 0 Å². The number of rotatable bonds is 4. The Kier molecular flexibility index (Phi) is 5.12. The zero-order valence-electron chi connectivity index (χ0n) is 13.3. The number of aromatic nitrogens is 2. The van der Waals surface area contributed by atoms with Crippen LogP contribution in [0.4, 0.5) is 5.82 Å². The van der Waals surface area contributed by atoms with E-state index in [1.807, 2.05) is 4.90 Å². The number of carbonyl (C=O) groups excluding carboxylic acids is 1. The second kappa shape index (κ2) is 6.85. The number of nitrogens with one attached hydrogen (secondary N) is 1. The third kappa shape index (κ3) is 3.69. The number of piperazine rings is 1. The summed E-state index contributed by atoms with van der Waals surface area (Å²) in [5, 5.41) is 3.16. The first kappa shape index (κ1) is 15.7. The van der Waals surface area contributed by atoms with Gasteiger partial charge in [-0.1, -0.05) is 6.92 Å². The Labute approximate surface area is 126 Å². The summed E-state index contributed by atoms with van der Waals surface area (Å²) in [5.74, 6) is 0.632. The molecular formula is C15H25N5O. The topological polar surface area (TPSA) is 61.4 Å². The Bertz CT molecular complexity index is 481. The fourth-order valence-corrected chi connectivity index (χ4v) is 2.54. The lowest BCUT2D eigenvalue weighted by Crippen LogP contribution is -2.56. The lowest BCUT2D eigenvalue weighted by Gasteiger charge is -2.42. The van der Waals surface area contributed by atoms with Gasteiger partial charge >= 0.3 is 0 Å². The van der Waals surface area contributed by atoms with Crippen molar-refractivity contribution in [3.63, 3.8) is 0 Å². The summed E-state index contributed by atoms with van der Waals surface area (Å²) in [7, 11) is 2.10. The molecule has 0 aromatic carbocycles. The van der Waals surface area contributed by atoms with E-state index in [-0.39, 0.29) is 5.91 Å². The predicted molar refractivity (Wildman–Crippen MR) is 83.4 cm³/mol. The molecule has 0 saturated carbocycles. The van der Waals surface area contributed by atoms with Crippen molar-refractivity contribution in [2.75, 3.05) is 32.0 Å². The maximum atomic E-state index is 12.6. The molecule has 2 atom stereocenters. The molecule has 1 amide bonds. The summed E-state index contributed by atoms with van der Waals surface area (Å²) in [6, 6.07) is 0.708. The summed E-state index contributed by atoms with van der Waals surface area (Å²) in [6.07, 6.45) is 4.21. The van der Waals surface area contributed by atoms with Crippen molar-refractivity contribution in [1.82, 2.24) is 19.8 Å². The molecule has 6 nitrogen and oxygen atoms in total. The van der Waals surface area contributed by atoms with Crippen molar-refractivity contribution in [3.05, 3.63) is 18.1 Å². The molecule has 2 unspecified atom stereocenters. The Morgan fingerprint density at radius 2 is 2.00 bits per heavy atom. The second-order valence-electron chi connectivity index (χ2n) is 5.79. The molecule has 0 aliphatic carbocycles. The monoisotopic (exact) mass is 291 g/mol. The molecule has 1 fully saturated rings. The third-order valence-corrected chi connectivity index (χ3v) is 4.06. The summed E-state index contributed by atoms with van der Waals surface area (Å²) in [6.45, 7) is 8.65. The number of amides is 1. The van der Waals surface area contributed by atoms with Crippen LogP contribution in [0.3, 0.4) is 0 Å². The van der Waals surface area contributed by atoms with Crippen LogP contribution in [-0.2, 0) is 0 Å². The molecule has 2 heterocycles. The molecule has 0 radical (unpaired) electrons. The Balaban J connectivity index is 2.09. The quantitative estimate of drug-likeness (QED) is 0.910. The van der Waals surface area contributed by atoms with E-state index in [2.05, 4.69) is 48.0 Å². The van der Waals surface area contributed by atoms with E-state index in [4.69, 9.17) is 0 Å². The summed E-state index contributed by atoms with van der Waals surface area (Å²) >= 11 is 0. The smallest absolute Gasteiger partial charge is 0.274 e. The molecule has 2 rings (SSSR count). The van der Waals surface area contributed by atoms with Crippen molar-refractivity contribution in [2.24, 2.45) is 0 Å². The van der Waals surface area contributed by atoms with Crippen LogP contribution < -0.4 is 5.32 Å². The van der Waals surface area contributed by atoms with Gasteiger partial charge in [-0.2, -0.15) is 0 Å². The van der Waals surface area contributed by atoms with Gasteiger partial charge in [0.1, 0.15) is 11.5 Å². The highest BCUT2D eigenvalue weighted by Crippen LogP contribution is 2.15. The Hall–Kier alpha value is -1.69. The zero-order valence-corrected chi connectivity index (χ0v) is 13.3. The SMILES string of the molecule is CCCNc1cncc(C(=O)N2CC(C)N(C)C(C)C2)n1. The summed E-state index contributed by atoms with van der Waals surface area (Å²) in [5.41, 5.74) is 0.417. The van der Waals surface area contributed by atoms with E-state index in [1.54, 1.807) is 12.4 Å². The van der Waals surface area contributed by atoms with E-state index in [1.165, 1.54) is 0 Å². The molecule has 0 spiro atoms. The average molecular weight is 291 g/mol. The van der Waals surface area contributed by atoms with E-state index in [9.17, 15) is 4.79 Å². The van der Waals surface area contributed by atoms with Crippen molar-refractivity contribution in [3.8, 4) is 0 Å². The van der Waals surface area contributed by atoms with Crippen LogP contribution in [0.2, 0.25) is 0 Å². The maximum Gasteiger partial charge on any atom is 0.274 e. The molecule has 1 saturated heterocycles. The fourth-order valence-electron chi connectivity index (χ4n) is 2.54. The van der Waals surface area contributed by atoms with Gasteiger partial charge in [0.2, 0.25) is 0 Å². The van der Waals surface area contributed by atoms with Gasteiger partial charge in [0.05, 0.1) is 12.4 Å². The summed E-state index contributed by atoms with van der Waals surface area (Å²) in [4.78, 5) is 25.3. The number of anilines is 1. The van der Waals surface area contributed by atoms with Crippen LogP contribution in [0.15, 0.2) is 12.4 Å².